The Hall–Kier alpha value is -2.09. The minimum absolute atomic E-state index is 0.0891. The molecule has 0 fully saturated rings. The molecule has 1 amide bonds. The van der Waals surface area contributed by atoms with Crippen LogP contribution in [0.1, 0.15) is 13.8 Å². The summed E-state index contributed by atoms with van der Waals surface area (Å²) in [6.07, 6.45) is 0. The van der Waals surface area contributed by atoms with Crippen LogP contribution in [0.2, 0.25) is 5.02 Å². The van der Waals surface area contributed by atoms with Gasteiger partial charge in [-0.2, -0.15) is 4.31 Å². The molecule has 0 radical (unpaired) electrons. The van der Waals surface area contributed by atoms with Crippen molar-refractivity contribution in [3.63, 3.8) is 0 Å². The first-order chi connectivity index (χ1) is 12.4. The summed E-state index contributed by atoms with van der Waals surface area (Å²) in [4.78, 5) is 12.5. The van der Waals surface area contributed by atoms with E-state index in [-0.39, 0.29) is 18.0 Å². The van der Waals surface area contributed by atoms with Gasteiger partial charge in [-0.15, -0.1) is 0 Å². The lowest BCUT2D eigenvalue weighted by atomic mass is 10.3. The summed E-state index contributed by atoms with van der Waals surface area (Å²) in [5, 5.41) is 3.14. The van der Waals surface area contributed by atoms with Gasteiger partial charge < -0.3 is 10.1 Å². The van der Waals surface area contributed by atoms with Crippen LogP contribution in [0, 0.1) is 0 Å². The largest absolute Gasteiger partial charge is 0.492 e. The first-order valence-electron chi connectivity index (χ1n) is 8.15. The number of ether oxygens (including phenoxy) is 1. The van der Waals surface area contributed by atoms with Gasteiger partial charge in [-0.05, 0) is 43.3 Å². The van der Waals surface area contributed by atoms with Crippen molar-refractivity contribution >= 4 is 33.2 Å². The highest BCUT2D eigenvalue weighted by atomic mass is 35.5. The fourth-order valence-electron chi connectivity index (χ4n) is 2.32. The van der Waals surface area contributed by atoms with Crippen LogP contribution in [0.4, 0.5) is 5.69 Å². The van der Waals surface area contributed by atoms with E-state index in [1.54, 1.807) is 31.2 Å². The number of carbonyl (C=O) groups is 1. The summed E-state index contributed by atoms with van der Waals surface area (Å²) in [7, 11) is -3.79. The van der Waals surface area contributed by atoms with E-state index in [0.717, 1.165) is 4.31 Å². The maximum atomic E-state index is 12.7. The quantitative estimate of drug-likeness (QED) is 0.742. The second-order valence-corrected chi connectivity index (χ2v) is 7.74. The fraction of sp³-hybridized carbons (Fsp3) is 0.278. The van der Waals surface area contributed by atoms with Crippen molar-refractivity contribution in [3.8, 4) is 5.75 Å². The highest BCUT2D eigenvalue weighted by molar-refractivity contribution is 7.89. The van der Waals surface area contributed by atoms with E-state index in [1.807, 2.05) is 6.92 Å². The molecule has 0 aliphatic heterocycles. The van der Waals surface area contributed by atoms with Gasteiger partial charge in [0.05, 0.1) is 23.7 Å². The Balaban J connectivity index is 2.14. The molecule has 0 aliphatic rings. The van der Waals surface area contributed by atoms with Crippen molar-refractivity contribution in [2.24, 2.45) is 0 Å². The highest BCUT2D eigenvalue weighted by Gasteiger charge is 2.25. The molecule has 0 unspecified atom stereocenters. The van der Waals surface area contributed by atoms with Crippen LogP contribution < -0.4 is 10.1 Å². The highest BCUT2D eigenvalue weighted by Crippen LogP contribution is 2.24. The number of halogens is 1. The van der Waals surface area contributed by atoms with Crippen molar-refractivity contribution in [2.75, 3.05) is 25.0 Å². The molecule has 0 spiro atoms. The van der Waals surface area contributed by atoms with Crippen molar-refractivity contribution in [1.82, 2.24) is 4.31 Å². The Morgan fingerprint density at radius 2 is 1.77 bits per heavy atom. The normalized spacial score (nSPS) is 11.4. The molecule has 0 aromatic heterocycles. The minimum atomic E-state index is -3.79. The molecule has 0 aliphatic carbocycles. The van der Waals surface area contributed by atoms with Gasteiger partial charge in [0.1, 0.15) is 5.75 Å². The predicted molar refractivity (Wildman–Crippen MR) is 102 cm³/mol. The third-order valence-electron chi connectivity index (χ3n) is 3.59. The van der Waals surface area contributed by atoms with Gasteiger partial charge >= 0.3 is 0 Å². The van der Waals surface area contributed by atoms with E-state index in [4.69, 9.17) is 16.3 Å². The number of benzene rings is 2. The maximum absolute atomic E-state index is 12.7. The molecule has 2 rings (SSSR count). The molecular weight excluding hydrogens is 376 g/mol. The lowest BCUT2D eigenvalue weighted by Crippen LogP contribution is -2.37. The standard InChI is InChI=1S/C18H21ClN2O4S/c1-3-21(26(23,24)15-11-9-14(19)10-12-15)13-18(22)20-16-7-5-6-8-17(16)25-4-2/h5-12H,3-4,13H2,1-2H3,(H,20,22). The van der Waals surface area contributed by atoms with E-state index < -0.39 is 15.9 Å². The van der Waals surface area contributed by atoms with E-state index in [2.05, 4.69) is 5.32 Å². The number of sulfonamides is 1. The van der Waals surface area contributed by atoms with Gasteiger partial charge in [0, 0.05) is 11.6 Å². The molecule has 0 saturated carbocycles. The van der Waals surface area contributed by atoms with Gasteiger partial charge in [0.25, 0.3) is 0 Å². The molecule has 2 aromatic carbocycles. The monoisotopic (exact) mass is 396 g/mol. The summed E-state index contributed by atoms with van der Waals surface area (Å²) in [5.41, 5.74) is 0.499. The van der Waals surface area contributed by atoms with Crippen molar-refractivity contribution in [1.29, 1.82) is 0 Å². The van der Waals surface area contributed by atoms with Crippen molar-refractivity contribution in [3.05, 3.63) is 53.6 Å². The van der Waals surface area contributed by atoms with Crippen LogP contribution in [0.5, 0.6) is 5.75 Å². The Morgan fingerprint density at radius 1 is 1.12 bits per heavy atom. The molecule has 6 nitrogen and oxygen atoms in total. The third kappa shape index (κ3) is 4.97. The number of hydrogen-bond acceptors (Lipinski definition) is 4. The first-order valence-corrected chi connectivity index (χ1v) is 9.97. The summed E-state index contributed by atoms with van der Waals surface area (Å²) in [6.45, 7) is 3.83. The van der Waals surface area contributed by atoms with E-state index in [9.17, 15) is 13.2 Å². The molecule has 140 valence electrons. The van der Waals surface area contributed by atoms with Gasteiger partial charge in [0.15, 0.2) is 0 Å². The third-order valence-corrected chi connectivity index (χ3v) is 5.77. The summed E-state index contributed by atoms with van der Waals surface area (Å²) in [6, 6.07) is 12.8. The van der Waals surface area contributed by atoms with Gasteiger partial charge in [-0.3, -0.25) is 4.79 Å². The smallest absolute Gasteiger partial charge is 0.243 e. The van der Waals surface area contributed by atoms with Gasteiger partial charge in [-0.25, -0.2) is 8.42 Å². The number of nitrogens with one attached hydrogen (secondary N) is 1. The van der Waals surface area contributed by atoms with Crippen LogP contribution in [0.15, 0.2) is 53.4 Å². The zero-order chi connectivity index (χ0) is 19.2. The summed E-state index contributed by atoms with van der Waals surface area (Å²) >= 11 is 5.81. The average molecular weight is 397 g/mol. The van der Waals surface area contributed by atoms with E-state index in [1.165, 1.54) is 24.3 Å². The number of para-hydroxylation sites is 2. The average Bonchev–Trinajstić information content (AvgIpc) is 2.62. The Labute approximate surface area is 158 Å². The molecule has 0 saturated heterocycles. The first kappa shape index (κ1) is 20.2. The number of amides is 1. The van der Waals surface area contributed by atoms with Crippen LogP contribution >= 0.6 is 11.6 Å². The number of carbonyl (C=O) groups excluding carboxylic acids is 1. The summed E-state index contributed by atoms with van der Waals surface area (Å²) < 4.78 is 32.0. The maximum Gasteiger partial charge on any atom is 0.243 e. The lowest BCUT2D eigenvalue weighted by molar-refractivity contribution is -0.116. The van der Waals surface area contributed by atoms with Crippen molar-refractivity contribution in [2.45, 2.75) is 18.7 Å². The number of rotatable bonds is 8. The fourth-order valence-corrected chi connectivity index (χ4v) is 3.85. The topological polar surface area (TPSA) is 75.7 Å². The zero-order valence-electron chi connectivity index (χ0n) is 14.6. The molecule has 2 aromatic rings. The molecule has 0 atom stereocenters. The number of likely N-dealkylation sites (N-methyl/N-ethyl adjacent to an activating group) is 1. The van der Waals surface area contributed by atoms with Crippen LogP contribution in [-0.2, 0) is 14.8 Å². The zero-order valence-corrected chi connectivity index (χ0v) is 16.2. The molecule has 0 bridgehead atoms. The van der Waals surface area contributed by atoms with Gasteiger partial charge in [0.2, 0.25) is 15.9 Å². The Morgan fingerprint density at radius 3 is 2.38 bits per heavy atom. The second kappa shape index (κ2) is 9.02. The number of nitrogens with zero attached hydrogens (tertiary/aromatic N) is 1. The number of anilines is 1. The molecule has 8 heteroatoms. The predicted octanol–water partition coefficient (Wildman–Crippen LogP) is 3.39. The number of hydrogen-bond donors (Lipinski definition) is 1. The molecule has 0 heterocycles. The molecule has 1 N–H and O–H groups in total. The van der Waals surface area contributed by atoms with Crippen molar-refractivity contribution < 1.29 is 17.9 Å². The molecule has 26 heavy (non-hydrogen) atoms. The molecular formula is C18H21ClN2O4S. The Kier molecular flexibility index (Phi) is 7.02. The summed E-state index contributed by atoms with van der Waals surface area (Å²) in [5.74, 6) is 0.0866. The van der Waals surface area contributed by atoms with E-state index in [0.29, 0.717) is 23.1 Å². The Bertz CT molecular complexity index is 854. The van der Waals surface area contributed by atoms with Gasteiger partial charge in [-0.1, -0.05) is 30.7 Å². The minimum Gasteiger partial charge on any atom is -0.492 e. The second-order valence-electron chi connectivity index (χ2n) is 5.36. The SMILES string of the molecule is CCOc1ccccc1NC(=O)CN(CC)S(=O)(=O)c1ccc(Cl)cc1. The van der Waals surface area contributed by atoms with Crippen LogP contribution in [0.25, 0.3) is 0 Å². The lowest BCUT2D eigenvalue weighted by Gasteiger charge is -2.20. The van der Waals surface area contributed by atoms with Crippen LogP contribution in [-0.4, -0.2) is 38.3 Å². The van der Waals surface area contributed by atoms with Crippen LogP contribution in [0.3, 0.4) is 0 Å². The van der Waals surface area contributed by atoms with E-state index >= 15 is 0 Å².